The molecule has 2 N–H and O–H groups in total. The number of nitrogens with zero attached hydrogens (tertiary/aromatic N) is 1. The van der Waals surface area contributed by atoms with Crippen LogP contribution in [0.4, 0.5) is 10.1 Å². The van der Waals surface area contributed by atoms with Crippen LogP contribution in [-0.4, -0.2) is 29.3 Å². The molecular formula is C11H14BrFN2O. The van der Waals surface area contributed by atoms with Gasteiger partial charge >= 0.3 is 0 Å². The second kappa shape index (κ2) is 5.12. The van der Waals surface area contributed by atoms with E-state index in [1.165, 1.54) is 12.1 Å². The summed E-state index contributed by atoms with van der Waals surface area (Å²) in [7, 11) is 0. The summed E-state index contributed by atoms with van der Waals surface area (Å²) in [5.74, 6) is -0.258. The third kappa shape index (κ3) is 2.93. The number of piperidine rings is 1. The van der Waals surface area contributed by atoms with E-state index in [1.807, 2.05) is 5.01 Å². The molecule has 16 heavy (non-hydrogen) atoms. The minimum absolute atomic E-state index is 0.185. The van der Waals surface area contributed by atoms with Crippen LogP contribution in [0.2, 0.25) is 0 Å². The Labute approximate surface area is 102 Å². The van der Waals surface area contributed by atoms with Crippen molar-refractivity contribution in [2.24, 2.45) is 0 Å². The van der Waals surface area contributed by atoms with Crippen molar-refractivity contribution >= 4 is 21.6 Å². The Morgan fingerprint density at radius 3 is 2.69 bits per heavy atom. The molecule has 0 saturated carbocycles. The lowest BCUT2D eigenvalue weighted by Gasteiger charge is -2.30. The van der Waals surface area contributed by atoms with Crippen molar-refractivity contribution in [3.63, 3.8) is 0 Å². The van der Waals surface area contributed by atoms with Crippen molar-refractivity contribution < 1.29 is 9.50 Å². The molecule has 1 aliphatic heterocycles. The predicted octanol–water partition coefficient (Wildman–Crippen LogP) is 2.37. The summed E-state index contributed by atoms with van der Waals surface area (Å²) in [6.07, 6.45) is 1.35. The van der Waals surface area contributed by atoms with Crippen molar-refractivity contribution in [3.8, 4) is 0 Å². The van der Waals surface area contributed by atoms with Crippen molar-refractivity contribution in [1.82, 2.24) is 5.01 Å². The largest absolute Gasteiger partial charge is 0.393 e. The number of nitrogens with one attached hydrogen (secondary N) is 1. The zero-order valence-electron chi connectivity index (χ0n) is 8.79. The van der Waals surface area contributed by atoms with E-state index in [9.17, 15) is 9.50 Å². The number of rotatable bonds is 2. The van der Waals surface area contributed by atoms with Gasteiger partial charge in [-0.05, 0) is 47.0 Å². The second-order valence-corrected chi connectivity index (χ2v) is 4.81. The van der Waals surface area contributed by atoms with Crippen molar-refractivity contribution in [2.45, 2.75) is 18.9 Å². The molecule has 1 aliphatic rings. The molecule has 2 rings (SSSR count). The van der Waals surface area contributed by atoms with Crippen molar-refractivity contribution in [3.05, 3.63) is 28.5 Å². The molecule has 0 atom stereocenters. The first-order valence-electron chi connectivity index (χ1n) is 5.30. The molecule has 0 aliphatic carbocycles. The molecule has 0 spiro atoms. The van der Waals surface area contributed by atoms with Gasteiger partial charge in [0.2, 0.25) is 0 Å². The van der Waals surface area contributed by atoms with Gasteiger partial charge in [-0.25, -0.2) is 9.40 Å². The summed E-state index contributed by atoms with van der Waals surface area (Å²) in [6, 6.07) is 4.55. The molecule has 0 bridgehead atoms. The Hall–Kier alpha value is -0.650. The fourth-order valence-corrected chi connectivity index (χ4v) is 2.17. The number of aliphatic hydroxyl groups excluding tert-OH is 1. The highest BCUT2D eigenvalue weighted by molar-refractivity contribution is 9.10. The molecule has 1 aromatic rings. The number of aliphatic hydroxyl groups is 1. The van der Waals surface area contributed by atoms with Crippen LogP contribution in [-0.2, 0) is 0 Å². The lowest BCUT2D eigenvalue weighted by Crippen LogP contribution is -2.39. The maximum Gasteiger partial charge on any atom is 0.124 e. The van der Waals surface area contributed by atoms with E-state index in [0.717, 1.165) is 31.6 Å². The number of hydrogen-bond acceptors (Lipinski definition) is 3. The second-order valence-electron chi connectivity index (χ2n) is 3.95. The molecule has 1 aromatic carbocycles. The summed E-state index contributed by atoms with van der Waals surface area (Å²) in [5, 5.41) is 11.4. The number of anilines is 1. The lowest BCUT2D eigenvalue weighted by molar-refractivity contribution is 0.0936. The average Bonchev–Trinajstić information content (AvgIpc) is 2.25. The maximum absolute atomic E-state index is 12.9. The minimum atomic E-state index is -0.258. The Kier molecular flexibility index (Phi) is 3.78. The Morgan fingerprint density at radius 2 is 2.06 bits per heavy atom. The van der Waals surface area contributed by atoms with Crippen LogP contribution in [0, 0.1) is 5.82 Å². The smallest absolute Gasteiger partial charge is 0.124 e. The standard InChI is InChI=1S/C11H14BrFN2O/c12-10-7-8(13)1-2-11(10)14-15-5-3-9(16)4-6-15/h1-2,7,9,14,16H,3-6H2. The summed E-state index contributed by atoms with van der Waals surface area (Å²) >= 11 is 3.31. The fourth-order valence-electron chi connectivity index (χ4n) is 1.73. The summed E-state index contributed by atoms with van der Waals surface area (Å²) in [6.45, 7) is 1.59. The van der Waals surface area contributed by atoms with Crippen molar-refractivity contribution in [2.75, 3.05) is 18.5 Å². The molecule has 88 valence electrons. The Balaban J connectivity index is 1.98. The van der Waals surface area contributed by atoms with Gasteiger partial charge in [0, 0.05) is 17.6 Å². The summed E-state index contributed by atoms with van der Waals surface area (Å²) < 4.78 is 13.6. The van der Waals surface area contributed by atoms with Gasteiger partial charge in [0.25, 0.3) is 0 Å². The zero-order valence-corrected chi connectivity index (χ0v) is 10.4. The van der Waals surface area contributed by atoms with E-state index in [0.29, 0.717) is 4.47 Å². The molecule has 0 radical (unpaired) electrons. The van der Waals surface area contributed by atoms with Crippen LogP contribution in [0.15, 0.2) is 22.7 Å². The van der Waals surface area contributed by atoms with Crippen LogP contribution in [0.1, 0.15) is 12.8 Å². The van der Waals surface area contributed by atoms with Crippen LogP contribution >= 0.6 is 15.9 Å². The molecule has 0 aromatic heterocycles. The number of hydrazine groups is 1. The monoisotopic (exact) mass is 288 g/mol. The highest BCUT2D eigenvalue weighted by Crippen LogP contribution is 2.24. The van der Waals surface area contributed by atoms with Gasteiger partial charge in [-0.15, -0.1) is 0 Å². The number of benzene rings is 1. The average molecular weight is 289 g/mol. The fraction of sp³-hybridized carbons (Fsp3) is 0.455. The normalized spacial score (nSPS) is 18.7. The highest BCUT2D eigenvalue weighted by Gasteiger charge is 2.17. The highest BCUT2D eigenvalue weighted by atomic mass is 79.9. The third-order valence-corrected chi connectivity index (χ3v) is 3.33. The number of hydrogen-bond donors (Lipinski definition) is 2. The predicted molar refractivity (Wildman–Crippen MR) is 64.5 cm³/mol. The van der Waals surface area contributed by atoms with E-state index in [-0.39, 0.29) is 11.9 Å². The minimum Gasteiger partial charge on any atom is -0.393 e. The number of halogens is 2. The van der Waals surface area contributed by atoms with Crippen molar-refractivity contribution in [1.29, 1.82) is 0 Å². The first-order chi connectivity index (χ1) is 7.65. The van der Waals surface area contributed by atoms with E-state index in [1.54, 1.807) is 6.07 Å². The quantitative estimate of drug-likeness (QED) is 0.877. The van der Waals surface area contributed by atoms with E-state index in [4.69, 9.17) is 0 Å². The van der Waals surface area contributed by atoms with E-state index < -0.39 is 0 Å². The van der Waals surface area contributed by atoms with Crippen LogP contribution < -0.4 is 5.43 Å². The SMILES string of the molecule is OC1CCN(Nc2ccc(F)cc2Br)CC1. The van der Waals surface area contributed by atoms with Gasteiger partial charge in [-0.1, -0.05) is 0 Å². The zero-order chi connectivity index (χ0) is 11.5. The summed E-state index contributed by atoms with van der Waals surface area (Å²) in [4.78, 5) is 0. The van der Waals surface area contributed by atoms with Gasteiger partial charge in [-0.2, -0.15) is 0 Å². The molecule has 1 fully saturated rings. The molecule has 1 saturated heterocycles. The summed E-state index contributed by atoms with van der Waals surface area (Å²) in [5.41, 5.74) is 4.05. The maximum atomic E-state index is 12.9. The van der Waals surface area contributed by atoms with Gasteiger partial charge < -0.3 is 10.5 Å². The lowest BCUT2D eigenvalue weighted by atomic mass is 10.1. The molecule has 1 heterocycles. The van der Waals surface area contributed by atoms with Crippen LogP contribution in [0.25, 0.3) is 0 Å². The van der Waals surface area contributed by atoms with Gasteiger partial charge in [-0.3, -0.25) is 0 Å². The first kappa shape index (κ1) is 11.8. The Morgan fingerprint density at radius 1 is 1.38 bits per heavy atom. The van der Waals surface area contributed by atoms with Gasteiger partial charge in [0.15, 0.2) is 0 Å². The molecular weight excluding hydrogens is 275 g/mol. The molecule has 0 amide bonds. The third-order valence-electron chi connectivity index (χ3n) is 2.67. The molecule has 3 nitrogen and oxygen atoms in total. The first-order valence-corrected chi connectivity index (χ1v) is 6.09. The Bertz CT molecular complexity index is 367. The topological polar surface area (TPSA) is 35.5 Å². The van der Waals surface area contributed by atoms with Crippen LogP contribution in [0.3, 0.4) is 0 Å². The van der Waals surface area contributed by atoms with Gasteiger partial charge in [0.1, 0.15) is 5.82 Å². The van der Waals surface area contributed by atoms with E-state index >= 15 is 0 Å². The van der Waals surface area contributed by atoms with Crippen LogP contribution in [0.5, 0.6) is 0 Å². The molecule has 0 unspecified atom stereocenters. The van der Waals surface area contributed by atoms with Gasteiger partial charge in [0.05, 0.1) is 11.8 Å². The molecule has 5 heteroatoms. The van der Waals surface area contributed by atoms with E-state index in [2.05, 4.69) is 21.4 Å².